The van der Waals surface area contributed by atoms with Crippen LogP contribution in [0.3, 0.4) is 0 Å². The number of H-pyrrole nitrogens is 1. The number of carbonyl (C=O) groups is 1. The van der Waals surface area contributed by atoms with E-state index in [4.69, 9.17) is 20.2 Å². The van der Waals surface area contributed by atoms with Crippen LogP contribution in [0.5, 0.6) is 0 Å². The Morgan fingerprint density at radius 1 is 1.09 bits per heavy atom. The zero-order chi connectivity index (χ0) is 24.4. The third-order valence-corrected chi connectivity index (χ3v) is 5.44. The van der Waals surface area contributed by atoms with Crippen LogP contribution in [0.15, 0.2) is 61.1 Å². The monoisotopic (exact) mass is 475 g/mol. The number of rotatable bonds is 5. The number of nitrogens with two attached hydrogens (primary N) is 1. The predicted molar refractivity (Wildman–Crippen MR) is 125 cm³/mol. The number of hydrogen-bond acceptors (Lipinski definition) is 8. The van der Waals surface area contributed by atoms with E-state index in [0.29, 0.717) is 28.3 Å². The van der Waals surface area contributed by atoms with Crippen molar-refractivity contribution in [1.29, 1.82) is 0 Å². The molecule has 0 unspecified atom stereocenters. The van der Waals surface area contributed by atoms with Crippen LogP contribution in [0.1, 0.15) is 12.7 Å². The van der Waals surface area contributed by atoms with Gasteiger partial charge in [-0.25, -0.2) is 19.3 Å². The van der Waals surface area contributed by atoms with Gasteiger partial charge in [-0.05, 0) is 42.5 Å². The molecule has 0 bridgehead atoms. The molecular formula is C24H22FN7O3. The van der Waals surface area contributed by atoms with Crippen LogP contribution in [0.4, 0.5) is 16.0 Å². The first-order chi connectivity index (χ1) is 16.9. The highest BCUT2D eigenvalue weighted by Crippen LogP contribution is 2.37. The van der Waals surface area contributed by atoms with E-state index in [1.54, 1.807) is 42.7 Å². The molecule has 1 aliphatic heterocycles. The maximum atomic E-state index is 13.6. The van der Waals surface area contributed by atoms with E-state index in [-0.39, 0.29) is 30.9 Å². The van der Waals surface area contributed by atoms with Crippen LogP contribution in [-0.4, -0.2) is 44.0 Å². The van der Waals surface area contributed by atoms with Gasteiger partial charge in [-0.2, -0.15) is 0 Å². The molecule has 0 atom stereocenters. The number of halogens is 1. The highest BCUT2D eigenvalue weighted by Gasteiger charge is 2.49. The van der Waals surface area contributed by atoms with Gasteiger partial charge in [-0.3, -0.25) is 9.78 Å². The summed E-state index contributed by atoms with van der Waals surface area (Å²) in [7, 11) is 0. The van der Waals surface area contributed by atoms with Crippen molar-refractivity contribution in [2.75, 3.05) is 24.3 Å². The standard InChI is InChI=1S/C24H22FN7O3/c1-14-12-34-24(35-13-14,22(33)29-17-6-9-27-10-7-17)21-31-19(15-2-4-16(25)5-3-15)20(32-21)18-8-11-28-23(26)30-18/h2-11,14H,12-13H2,1H3,(H,31,32)(H2,26,28,30)(H,27,29,33). The van der Waals surface area contributed by atoms with Gasteiger partial charge < -0.3 is 25.5 Å². The maximum Gasteiger partial charge on any atom is 0.310 e. The van der Waals surface area contributed by atoms with Crippen molar-refractivity contribution in [3.8, 4) is 22.6 Å². The molecule has 1 aromatic carbocycles. The second-order valence-corrected chi connectivity index (χ2v) is 8.15. The van der Waals surface area contributed by atoms with Gasteiger partial charge >= 0.3 is 5.79 Å². The predicted octanol–water partition coefficient (Wildman–Crippen LogP) is 3.12. The van der Waals surface area contributed by atoms with Gasteiger partial charge in [0.1, 0.15) is 5.82 Å². The summed E-state index contributed by atoms with van der Waals surface area (Å²) in [5, 5.41) is 2.81. The highest BCUT2D eigenvalue weighted by atomic mass is 19.1. The molecule has 1 aliphatic rings. The topological polar surface area (TPSA) is 141 Å². The van der Waals surface area contributed by atoms with E-state index in [1.807, 2.05) is 6.92 Å². The Bertz CT molecular complexity index is 1340. The summed E-state index contributed by atoms with van der Waals surface area (Å²) in [6, 6.07) is 10.8. The van der Waals surface area contributed by atoms with Crippen molar-refractivity contribution in [2.24, 2.45) is 5.92 Å². The molecule has 0 radical (unpaired) electrons. The van der Waals surface area contributed by atoms with E-state index in [9.17, 15) is 9.18 Å². The second-order valence-electron chi connectivity index (χ2n) is 8.15. The maximum absolute atomic E-state index is 13.6. The normalized spacial score (nSPS) is 19.9. The van der Waals surface area contributed by atoms with Gasteiger partial charge in [0.2, 0.25) is 5.95 Å². The number of benzene rings is 1. The van der Waals surface area contributed by atoms with E-state index in [2.05, 4.69) is 25.3 Å². The van der Waals surface area contributed by atoms with E-state index >= 15 is 0 Å². The van der Waals surface area contributed by atoms with Crippen LogP contribution in [0.2, 0.25) is 0 Å². The molecule has 35 heavy (non-hydrogen) atoms. The Labute approximate surface area is 199 Å². The number of aromatic amines is 1. The lowest BCUT2D eigenvalue weighted by molar-refractivity contribution is -0.274. The first-order valence-electron chi connectivity index (χ1n) is 10.9. The number of anilines is 2. The van der Waals surface area contributed by atoms with E-state index < -0.39 is 17.5 Å². The van der Waals surface area contributed by atoms with E-state index in [0.717, 1.165) is 0 Å². The van der Waals surface area contributed by atoms with Crippen LogP contribution < -0.4 is 11.1 Å². The number of imidazole rings is 1. The minimum Gasteiger partial charge on any atom is -0.368 e. The highest BCUT2D eigenvalue weighted by molar-refractivity contribution is 5.97. The van der Waals surface area contributed by atoms with Crippen LogP contribution >= 0.6 is 0 Å². The molecule has 5 rings (SSSR count). The Balaban J connectivity index is 1.64. The Hall–Kier alpha value is -4.22. The number of nitrogens with one attached hydrogen (secondary N) is 2. The molecule has 4 N–H and O–H groups in total. The largest absolute Gasteiger partial charge is 0.368 e. The molecule has 178 valence electrons. The van der Waals surface area contributed by atoms with E-state index in [1.165, 1.54) is 18.3 Å². The number of aromatic nitrogens is 5. The summed E-state index contributed by atoms with van der Waals surface area (Å²) >= 11 is 0. The fraction of sp³-hybridized carbons (Fsp3) is 0.208. The average Bonchev–Trinajstić information content (AvgIpc) is 3.32. The Kier molecular flexibility index (Phi) is 5.93. The molecule has 1 amide bonds. The number of nitrogens with zero attached hydrogens (tertiary/aromatic N) is 4. The third kappa shape index (κ3) is 4.46. The number of carbonyl (C=O) groups excluding carboxylic acids is 1. The van der Waals surface area contributed by atoms with Gasteiger partial charge in [0, 0.05) is 35.8 Å². The minimum absolute atomic E-state index is 0.0628. The number of hydrogen-bond donors (Lipinski definition) is 3. The summed E-state index contributed by atoms with van der Waals surface area (Å²) in [5.41, 5.74) is 8.21. The lowest BCUT2D eigenvalue weighted by atomic mass is 10.1. The van der Waals surface area contributed by atoms with Crippen molar-refractivity contribution in [3.63, 3.8) is 0 Å². The zero-order valence-corrected chi connectivity index (χ0v) is 18.7. The molecule has 1 saturated heterocycles. The van der Waals surface area contributed by atoms with Gasteiger partial charge in [0.15, 0.2) is 5.82 Å². The Morgan fingerprint density at radius 3 is 2.49 bits per heavy atom. The average molecular weight is 475 g/mol. The number of amides is 1. The van der Waals surface area contributed by atoms with Gasteiger partial charge in [0.25, 0.3) is 5.91 Å². The van der Waals surface area contributed by atoms with Gasteiger partial charge in [-0.1, -0.05) is 6.92 Å². The second kappa shape index (κ2) is 9.20. The SMILES string of the molecule is CC1COC(C(=O)Nc2ccncc2)(c2nc(-c3ccc(F)cc3)c(-c3ccnc(N)n3)[nH]2)OC1. The minimum atomic E-state index is -1.86. The molecule has 4 aromatic rings. The van der Waals surface area contributed by atoms with Crippen molar-refractivity contribution in [2.45, 2.75) is 12.7 Å². The summed E-state index contributed by atoms with van der Waals surface area (Å²) in [6.45, 7) is 2.49. The van der Waals surface area contributed by atoms with Crippen molar-refractivity contribution in [3.05, 3.63) is 72.7 Å². The van der Waals surface area contributed by atoms with Crippen molar-refractivity contribution < 1.29 is 18.7 Å². The molecule has 10 nitrogen and oxygen atoms in total. The summed E-state index contributed by atoms with van der Waals surface area (Å²) in [6.07, 6.45) is 4.63. The zero-order valence-electron chi connectivity index (χ0n) is 18.7. The van der Waals surface area contributed by atoms with Gasteiger partial charge in [0.05, 0.1) is 30.3 Å². The first kappa shape index (κ1) is 22.6. The summed E-state index contributed by atoms with van der Waals surface area (Å²) < 4.78 is 25.7. The molecule has 4 heterocycles. The number of ether oxygens (including phenoxy) is 2. The fourth-order valence-corrected chi connectivity index (χ4v) is 3.68. The lowest BCUT2D eigenvalue weighted by Crippen LogP contribution is -2.50. The van der Waals surface area contributed by atoms with Crippen LogP contribution in [0.25, 0.3) is 22.6 Å². The smallest absolute Gasteiger partial charge is 0.310 e. The summed E-state index contributed by atoms with van der Waals surface area (Å²) in [4.78, 5) is 33.6. The molecule has 11 heteroatoms. The fourth-order valence-electron chi connectivity index (χ4n) is 3.68. The number of pyridine rings is 1. The molecular weight excluding hydrogens is 453 g/mol. The number of nitrogen functional groups attached to an aromatic ring is 1. The first-order valence-corrected chi connectivity index (χ1v) is 10.9. The summed E-state index contributed by atoms with van der Waals surface area (Å²) in [5.74, 6) is -2.57. The van der Waals surface area contributed by atoms with Gasteiger partial charge in [-0.15, -0.1) is 0 Å². The molecule has 0 saturated carbocycles. The Morgan fingerprint density at radius 2 is 1.80 bits per heavy atom. The van der Waals surface area contributed by atoms with Crippen LogP contribution in [-0.2, 0) is 20.1 Å². The molecule has 1 fully saturated rings. The van der Waals surface area contributed by atoms with Crippen molar-refractivity contribution >= 4 is 17.5 Å². The third-order valence-electron chi connectivity index (χ3n) is 5.44. The quantitative estimate of drug-likeness (QED) is 0.400. The van der Waals surface area contributed by atoms with Crippen molar-refractivity contribution in [1.82, 2.24) is 24.9 Å². The molecule has 3 aromatic heterocycles. The lowest BCUT2D eigenvalue weighted by Gasteiger charge is -2.36. The van der Waals surface area contributed by atoms with Crippen LogP contribution in [0, 0.1) is 11.7 Å². The molecule has 0 spiro atoms. The molecule has 0 aliphatic carbocycles.